The molecule has 2 N–H and O–H groups in total. The van der Waals surface area contributed by atoms with Gasteiger partial charge in [0.15, 0.2) is 6.29 Å². The zero-order chi connectivity index (χ0) is 14.9. The second-order valence-electron chi connectivity index (χ2n) is 5.61. The minimum absolute atomic E-state index is 0.381. The number of ether oxygens (including phenoxy) is 1. The summed E-state index contributed by atoms with van der Waals surface area (Å²) in [5, 5.41) is 0.703. The molecule has 106 valence electrons. The lowest BCUT2D eigenvalue weighted by Crippen LogP contribution is -2.26. The fourth-order valence-electron chi connectivity index (χ4n) is 1.99. The topological polar surface area (TPSA) is 74.3 Å². The molecule has 0 amide bonds. The van der Waals surface area contributed by atoms with Crippen molar-refractivity contribution in [3.05, 3.63) is 35.5 Å². The third-order valence-corrected chi connectivity index (χ3v) is 2.85. The van der Waals surface area contributed by atoms with Gasteiger partial charge in [-0.05, 0) is 38.5 Å². The molecule has 5 heteroatoms. The number of aromatic nitrogens is 1. The average molecular weight is 274 g/mol. The van der Waals surface area contributed by atoms with Crippen LogP contribution in [0.4, 0.5) is 4.79 Å². The van der Waals surface area contributed by atoms with Crippen molar-refractivity contribution in [3.8, 4) is 0 Å². The quantitative estimate of drug-likeness (QED) is 0.854. The van der Waals surface area contributed by atoms with Crippen LogP contribution in [0.25, 0.3) is 10.9 Å². The van der Waals surface area contributed by atoms with Crippen LogP contribution in [-0.2, 0) is 11.3 Å². The zero-order valence-electron chi connectivity index (χ0n) is 11.8. The normalized spacial score (nSPS) is 11.6. The summed E-state index contributed by atoms with van der Waals surface area (Å²) < 4.78 is 6.68. The molecular formula is C15H18N2O3. The molecule has 0 unspecified atom stereocenters. The van der Waals surface area contributed by atoms with Crippen molar-refractivity contribution in [3.63, 3.8) is 0 Å². The largest absolute Gasteiger partial charge is 0.443 e. The second kappa shape index (κ2) is 5.09. The maximum Gasteiger partial charge on any atom is 0.419 e. The monoisotopic (exact) mass is 274 g/mol. The Morgan fingerprint density at radius 1 is 1.40 bits per heavy atom. The van der Waals surface area contributed by atoms with Crippen LogP contribution < -0.4 is 5.73 Å². The molecule has 0 atom stereocenters. The van der Waals surface area contributed by atoms with E-state index in [1.54, 1.807) is 26.8 Å². The van der Waals surface area contributed by atoms with Gasteiger partial charge in [0.05, 0.1) is 5.52 Å². The number of rotatable bonds is 2. The summed E-state index contributed by atoms with van der Waals surface area (Å²) in [6.07, 6.45) is 1.71. The van der Waals surface area contributed by atoms with Gasteiger partial charge < -0.3 is 10.5 Å². The molecule has 1 aromatic carbocycles. The molecule has 0 bridgehead atoms. The number of carbonyl (C=O) groups is 2. The third-order valence-electron chi connectivity index (χ3n) is 2.85. The van der Waals surface area contributed by atoms with Gasteiger partial charge in [0.1, 0.15) is 5.60 Å². The highest BCUT2D eigenvalue weighted by Gasteiger charge is 2.20. The Bertz CT molecular complexity index is 666. The van der Waals surface area contributed by atoms with E-state index in [4.69, 9.17) is 10.5 Å². The Labute approximate surface area is 117 Å². The molecule has 0 saturated heterocycles. The molecule has 2 rings (SSSR count). The molecular weight excluding hydrogens is 256 g/mol. The number of hydrogen-bond donors (Lipinski definition) is 1. The van der Waals surface area contributed by atoms with E-state index in [0.717, 1.165) is 11.8 Å². The van der Waals surface area contributed by atoms with Gasteiger partial charge >= 0.3 is 6.09 Å². The van der Waals surface area contributed by atoms with Gasteiger partial charge in [-0.1, -0.05) is 6.07 Å². The number of hydrogen-bond acceptors (Lipinski definition) is 4. The maximum absolute atomic E-state index is 12.2. The molecule has 1 aromatic heterocycles. The Balaban J connectivity index is 2.55. The molecule has 0 aliphatic rings. The van der Waals surface area contributed by atoms with Crippen LogP contribution in [0.5, 0.6) is 0 Å². The van der Waals surface area contributed by atoms with E-state index in [-0.39, 0.29) is 0 Å². The minimum Gasteiger partial charge on any atom is -0.443 e. The molecule has 2 aromatic rings. The van der Waals surface area contributed by atoms with Crippen LogP contribution in [0.3, 0.4) is 0 Å². The van der Waals surface area contributed by atoms with Gasteiger partial charge in [0, 0.05) is 23.7 Å². The Morgan fingerprint density at radius 2 is 2.10 bits per heavy atom. The van der Waals surface area contributed by atoms with Crippen molar-refractivity contribution in [1.29, 1.82) is 0 Å². The molecule has 1 heterocycles. The predicted molar refractivity (Wildman–Crippen MR) is 76.8 cm³/mol. The lowest BCUT2D eigenvalue weighted by atomic mass is 10.1. The number of fused-ring (bicyclic) bond motifs is 1. The number of nitrogens with two attached hydrogens (primary N) is 1. The highest BCUT2D eigenvalue weighted by molar-refractivity contribution is 6.01. The summed E-state index contributed by atoms with van der Waals surface area (Å²) in [7, 11) is 0. The number of aldehydes is 1. The van der Waals surface area contributed by atoms with Gasteiger partial charge in [-0.3, -0.25) is 9.36 Å². The summed E-state index contributed by atoms with van der Waals surface area (Å²) >= 11 is 0. The summed E-state index contributed by atoms with van der Waals surface area (Å²) in [6.45, 7) is 5.77. The average Bonchev–Trinajstić information content (AvgIpc) is 2.74. The SMILES string of the molecule is CC(C)(C)OC(=O)n1cc(C=O)c2cc(CN)ccc21. The molecule has 0 aliphatic heterocycles. The fraction of sp³-hybridized carbons (Fsp3) is 0.333. The number of benzene rings is 1. The molecule has 0 spiro atoms. The molecule has 5 nitrogen and oxygen atoms in total. The van der Waals surface area contributed by atoms with E-state index in [9.17, 15) is 9.59 Å². The highest BCUT2D eigenvalue weighted by atomic mass is 16.6. The van der Waals surface area contributed by atoms with Crippen molar-refractivity contribution < 1.29 is 14.3 Å². The van der Waals surface area contributed by atoms with E-state index in [0.29, 0.717) is 23.0 Å². The predicted octanol–water partition coefficient (Wildman–Crippen LogP) is 2.70. The lowest BCUT2D eigenvalue weighted by molar-refractivity contribution is 0.0544. The van der Waals surface area contributed by atoms with E-state index in [1.165, 1.54) is 10.8 Å². The van der Waals surface area contributed by atoms with Crippen LogP contribution in [0.2, 0.25) is 0 Å². The smallest absolute Gasteiger partial charge is 0.419 e. The Morgan fingerprint density at radius 3 is 2.65 bits per heavy atom. The fourth-order valence-corrected chi connectivity index (χ4v) is 1.99. The van der Waals surface area contributed by atoms with Crippen LogP contribution in [-0.4, -0.2) is 22.5 Å². The van der Waals surface area contributed by atoms with Gasteiger partial charge in [-0.15, -0.1) is 0 Å². The summed E-state index contributed by atoms with van der Waals surface area (Å²) in [5.41, 5.74) is 6.99. The minimum atomic E-state index is -0.591. The van der Waals surface area contributed by atoms with Crippen LogP contribution in [0.15, 0.2) is 24.4 Å². The first kappa shape index (κ1) is 14.3. The van der Waals surface area contributed by atoms with E-state index in [1.807, 2.05) is 12.1 Å². The van der Waals surface area contributed by atoms with Crippen molar-refractivity contribution in [1.82, 2.24) is 4.57 Å². The Hall–Kier alpha value is -2.14. The highest BCUT2D eigenvalue weighted by Crippen LogP contribution is 2.23. The zero-order valence-corrected chi connectivity index (χ0v) is 11.8. The van der Waals surface area contributed by atoms with Crippen LogP contribution in [0.1, 0.15) is 36.7 Å². The Kier molecular flexibility index (Phi) is 3.63. The van der Waals surface area contributed by atoms with E-state index in [2.05, 4.69) is 0 Å². The van der Waals surface area contributed by atoms with Crippen molar-refractivity contribution in [2.24, 2.45) is 5.73 Å². The summed E-state index contributed by atoms with van der Waals surface area (Å²) in [6, 6.07) is 5.42. The van der Waals surface area contributed by atoms with Crippen molar-refractivity contribution in [2.45, 2.75) is 32.9 Å². The maximum atomic E-state index is 12.2. The first-order chi connectivity index (χ1) is 9.35. The summed E-state index contributed by atoms with van der Waals surface area (Å²) in [4.78, 5) is 23.3. The molecule has 0 fully saturated rings. The standard InChI is InChI=1S/C15H18N2O3/c1-15(2,3)20-14(19)17-8-11(9-18)12-6-10(7-16)4-5-13(12)17/h4-6,8-9H,7,16H2,1-3H3. The number of nitrogens with zero attached hydrogens (tertiary/aromatic N) is 1. The summed E-state index contributed by atoms with van der Waals surface area (Å²) in [5.74, 6) is 0. The second-order valence-corrected chi connectivity index (χ2v) is 5.61. The van der Waals surface area contributed by atoms with Gasteiger partial charge in [0.25, 0.3) is 0 Å². The third kappa shape index (κ3) is 2.72. The van der Waals surface area contributed by atoms with Crippen LogP contribution in [0, 0.1) is 0 Å². The van der Waals surface area contributed by atoms with Crippen molar-refractivity contribution >= 4 is 23.3 Å². The van der Waals surface area contributed by atoms with E-state index < -0.39 is 11.7 Å². The first-order valence-corrected chi connectivity index (χ1v) is 6.38. The molecule has 20 heavy (non-hydrogen) atoms. The molecule has 0 saturated carbocycles. The number of carbonyl (C=O) groups excluding carboxylic acids is 2. The molecule has 0 radical (unpaired) electrons. The first-order valence-electron chi connectivity index (χ1n) is 6.38. The van der Waals surface area contributed by atoms with Gasteiger partial charge in [0.2, 0.25) is 0 Å². The van der Waals surface area contributed by atoms with E-state index >= 15 is 0 Å². The van der Waals surface area contributed by atoms with Gasteiger partial charge in [-0.2, -0.15) is 0 Å². The lowest BCUT2D eigenvalue weighted by Gasteiger charge is -2.19. The molecule has 0 aliphatic carbocycles. The van der Waals surface area contributed by atoms with Crippen LogP contribution >= 0.6 is 0 Å². The van der Waals surface area contributed by atoms with Crippen molar-refractivity contribution in [2.75, 3.05) is 0 Å². The van der Waals surface area contributed by atoms with Gasteiger partial charge in [-0.25, -0.2) is 4.79 Å².